The summed E-state index contributed by atoms with van der Waals surface area (Å²) in [6, 6.07) is 0. The van der Waals surface area contributed by atoms with E-state index in [1.807, 2.05) is 0 Å². The third-order valence-electron chi connectivity index (χ3n) is 16.1. The number of ether oxygens (including phenoxy) is 4. The van der Waals surface area contributed by atoms with Gasteiger partial charge in [-0.1, -0.05) is 310 Å². The Bertz CT molecular complexity index is 1690. The van der Waals surface area contributed by atoms with Crippen molar-refractivity contribution in [3.63, 3.8) is 0 Å². The average Bonchev–Trinajstić information content (AvgIpc) is 3.69. The molecule has 17 nitrogen and oxygen atoms in total. The van der Waals surface area contributed by atoms with Crippen LogP contribution in [0, 0.1) is 0 Å². The lowest BCUT2D eigenvalue weighted by Gasteiger charge is -2.21. The van der Waals surface area contributed by atoms with Crippen LogP contribution in [0.5, 0.6) is 0 Å². The van der Waals surface area contributed by atoms with Crippen LogP contribution in [0.3, 0.4) is 0 Å². The van der Waals surface area contributed by atoms with Crippen LogP contribution in [0.2, 0.25) is 0 Å². The zero-order valence-corrected chi connectivity index (χ0v) is 58.5. The molecule has 0 heterocycles. The highest BCUT2D eigenvalue weighted by atomic mass is 31.2. The molecule has 522 valence electrons. The molecule has 19 heteroatoms. The van der Waals surface area contributed by atoms with E-state index in [1.54, 1.807) is 0 Å². The second-order valence-electron chi connectivity index (χ2n) is 24.9. The summed E-state index contributed by atoms with van der Waals surface area (Å²) in [6.07, 6.45) is 51.3. The maximum atomic E-state index is 13.0. The molecular formula is C69H134O17P2. The number of hydrogen-bond acceptors (Lipinski definition) is 15. The van der Waals surface area contributed by atoms with Crippen LogP contribution in [0.25, 0.3) is 0 Å². The summed E-state index contributed by atoms with van der Waals surface area (Å²) in [5, 5.41) is 10.6. The first-order valence-corrected chi connectivity index (χ1v) is 39.3. The van der Waals surface area contributed by atoms with E-state index in [0.717, 1.165) is 103 Å². The predicted molar refractivity (Wildman–Crippen MR) is 354 cm³/mol. The van der Waals surface area contributed by atoms with Crippen LogP contribution in [0.1, 0.15) is 362 Å². The molecule has 0 bridgehead atoms. The first-order chi connectivity index (χ1) is 42.7. The third kappa shape index (κ3) is 62.8. The Morgan fingerprint density at radius 1 is 0.273 bits per heavy atom. The Hall–Kier alpha value is -1.94. The van der Waals surface area contributed by atoms with Gasteiger partial charge in [-0.3, -0.25) is 37.3 Å². The summed E-state index contributed by atoms with van der Waals surface area (Å²) in [6.45, 7) is 4.91. The van der Waals surface area contributed by atoms with E-state index in [2.05, 4.69) is 27.7 Å². The van der Waals surface area contributed by atoms with Crippen LogP contribution >= 0.6 is 15.6 Å². The lowest BCUT2D eigenvalue weighted by molar-refractivity contribution is -0.161. The minimum Gasteiger partial charge on any atom is -0.462 e. The first-order valence-electron chi connectivity index (χ1n) is 36.3. The van der Waals surface area contributed by atoms with E-state index < -0.39 is 97.5 Å². The molecule has 0 aromatic heterocycles. The maximum Gasteiger partial charge on any atom is 0.472 e. The van der Waals surface area contributed by atoms with Gasteiger partial charge in [-0.25, -0.2) is 9.13 Å². The topological polar surface area (TPSA) is 237 Å². The molecule has 0 amide bonds. The minimum atomic E-state index is -4.95. The minimum absolute atomic E-state index is 0.107. The van der Waals surface area contributed by atoms with Gasteiger partial charge in [0, 0.05) is 25.7 Å². The lowest BCUT2D eigenvalue weighted by atomic mass is 10.0. The number of unbranched alkanes of at least 4 members (excludes halogenated alkanes) is 44. The average molecular weight is 1300 g/mol. The van der Waals surface area contributed by atoms with Crippen molar-refractivity contribution in [1.29, 1.82) is 0 Å². The number of aliphatic hydroxyl groups excluding tert-OH is 1. The van der Waals surface area contributed by atoms with E-state index in [0.29, 0.717) is 25.7 Å². The number of carbonyl (C=O) groups excluding carboxylic acids is 4. The molecule has 5 atom stereocenters. The van der Waals surface area contributed by atoms with Gasteiger partial charge in [0.25, 0.3) is 0 Å². The van der Waals surface area contributed by atoms with Crippen LogP contribution in [-0.4, -0.2) is 96.7 Å². The van der Waals surface area contributed by atoms with E-state index in [1.165, 1.54) is 180 Å². The maximum absolute atomic E-state index is 13.0. The zero-order valence-electron chi connectivity index (χ0n) is 56.7. The second kappa shape index (κ2) is 63.8. The van der Waals surface area contributed by atoms with Crippen molar-refractivity contribution in [2.45, 2.75) is 380 Å². The molecule has 0 aromatic rings. The molecule has 0 aliphatic heterocycles. The zero-order chi connectivity index (χ0) is 64.7. The van der Waals surface area contributed by atoms with Gasteiger partial charge < -0.3 is 33.8 Å². The number of rotatable bonds is 70. The van der Waals surface area contributed by atoms with Gasteiger partial charge in [0.1, 0.15) is 19.3 Å². The summed E-state index contributed by atoms with van der Waals surface area (Å²) < 4.78 is 68.2. The van der Waals surface area contributed by atoms with E-state index in [9.17, 15) is 43.2 Å². The SMILES string of the molecule is CCCCCCCCCCCCCCCCCCC(=O)O[C@H](COC(=O)CCCCCCCCCCCCCCC)COP(=O)(O)OC[C@@H](O)COP(=O)(O)OC[C@@H](COC(=O)CCCCCCCCC)OC(=O)CCCCCCCCCCCCCC. The number of esters is 4. The smallest absolute Gasteiger partial charge is 0.462 e. The van der Waals surface area contributed by atoms with Crippen molar-refractivity contribution in [3.05, 3.63) is 0 Å². The molecular weight excluding hydrogens is 1160 g/mol. The fourth-order valence-corrected chi connectivity index (χ4v) is 12.1. The highest BCUT2D eigenvalue weighted by molar-refractivity contribution is 7.47. The second-order valence-corrected chi connectivity index (χ2v) is 27.8. The first kappa shape index (κ1) is 86.1. The van der Waals surface area contributed by atoms with Gasteiger partial charge in [-0.2, -0.15) is 0 Å². The Kier molecular flexibility index (Phi) is 62.4. The predicted octanol–water partition coefficient (Wildman–Crippen LogP) is 19.9. The number of hydrogen-bond donors (Lipinski definition) is 3. The highest BCUT2D eigenvalue weighted by Gasteiger charge is 2.30. The standard InChI is InChI=1S/C69H134O17P2/c1-5-9-13-17-21-24-27-30-31-32-34-37-40-44-48-52-56-69(74)86-65(60-80-67(72)54-50-46-42-38-36-33-28-25-22-18-14-10-6-2)62-84-88(77,78)82-58-63(70)57-81-87(75,76)83-61-64(59-79-66(71)53-49-45-41-20-16-12-8-4)85-68(73)55-51-47-43-39-35-29-26-23-19-15-11-7-3/h63-65,70H,5-62H2,1-4H3,(H,75,76)(H,77,78)/t63-,64+,65+/m0/s1. The van der Waals surface area contributed by atoms with Crippen molar-refractivity contribution in [3.8, 4) is 0 Å². The molecule has 0 saturated heterocycles. The van der Waals surface area contributed by atoms with Crippen LogP contribution < -0.4 is 0 Å². The quantitative estimate of drug-likeness (QED) is 0.0222. The molecule has 0 aliphatic rings. The molecule has 88 heavy (non-hydrogen) atoms. The van der Waals surface area contributed by atoms with E-state index in [-0.39, 0.29) is 25.7 Å². The number of phosphoric ester groups is 2. The summed E-state index contributed by atoms with van der Waals surface area (Å²) in [5.41, 5.74) is 0. The number of carbonyl (C=O) groups is 4. The molecule has 2 unspecified atom stereocenters. The summed E-state index contributed by atoms with van der Waals surface area (Å²) in [7, 11) is -9.89. The Labute approximate surface area is 537 Å². The number of phosphoric acid groups is 2. The van der Waals surface area contributed by atoms with Crippen LogP contribution in [-0.2, 0) is 65.4 Å². The fraction of sp³-hybridized carbons (Fsp3) is 0.942. The van der Waals surface area contributed by atoms with Crippen molar-refractivity contribution in [2.75, 3.05) is 39.6 Å². The Morgan fingerprint density at radius 3 is 0.670 bits per heavy atom. The molecule has 3 N–H and O–H groups in total. The van der Waals surface area contributed by atoms with Gasteiger partial charge in [-0.05, 0) is 25.7 Å². The van der Waals surface area contributed by atoms with E-state index in [4.69, 9.17) is 37.0 Å². The molecule has 0 fully saturated rings. The number of aliphatic hydroxyl groups is 1. The monoisotopic (exact) mass is 1300 g/mol. The Morgan fingerprint density at radius 2 is 0.455 bits per heavy atom. The van der Waals surface area contributed by atoms with Crippen molar-refractivity contribution in [2.24, 2.45) is 0 Å². The van der Waals surface area contributed by atoms with Crippen molar-refractivity contribution >= 4 is 39.5 Å². The summed E-state index contributed by atoms with van der Waals surface area (Å²) >= 11 is 0. The van der Waals surface area contributed by atoms with Gasteiger partial charge in [0.2, 0.25) is 0 Å². The van der Waals surface area contributed by atoms with Gasteiger partial charge in [0.15, 0.2) is 12.2 Å². The third-order valence-corrected chi connectivity index (χ3v) is 18.0. The molecule has 0 aliphatic carbocycles. The van der Waals surface area contributed by atoms with Crippen molar-refractivity contribution < 1.29 is 80.2 Å². The molecule has 0 rings (SSSR count). The van der Waals surface area contributed by atoms with Gasteiger partial charge >= 0.3 is 39.5 Å². The Balaban J connectivity index is 5.20. The van der Waals surface area contributed by atoms with Crippen molar-refractivity contribution in [1.82, 2.24) is 0 Å². The highest BCUT2D eigenvalue weighted by Crippen LogP contribution is 2.45. The fourth-order valence-electron chi connectivity index (χ4n) is 10.5. The molecule has 0 aromatic carbocycles. The largest absolute Gasteiger partial charge is 0.472 e. The summed E-state index contributed by atoms with van der Waals surface area (Å²) in [5.74, 6) is -2.12. The van der Waals surface area contributed by atoms with Crippen LogP contribution in [0.4, 0.5) is 0 Å². The molecule has 0 spiro atoms. The molecule has 0 radical (unpaired) electrons. The van der Waals surface area contributed by atoms with Gasteiger partial charge in [-0.15, -0.1) is 0 Å². The molecule has 0 saturated carbocycles. The summed E-state index contributed by atoms with van der Waals surface area (Å²) in [4.78, 5) is 72.4. The van der Waals surface area contributed by atoms with Crippen LogP contribution in [0.15, 0.2) is 0 Å². The van der Waals surface area contributed by atoms with Gasteiger partial charge in [0.05, 0.1) is 26.4 Å². The lowest BCUT2D eigenvalue weighted by Crippen LogP contribution is -2.30. The normalized spacial score (nSPS) is 14.0. The van der Waals surface area contributed by atoms with E-state index >= 15 is 0 Å².